The van der Waals surface area contributed by atoms with Crippen molar-refractivity contribution < 1.29 is 14.3 Å². The van der Waals surface area contributed by atoms with Crippen LogP contribution in [0, 0.1) is 0 Å². The predicted molar refractivity (Wildman–Crippen MR) is 112 cm³/mol. The Morgan fingerprint density at radius 1 is 1.29 bits per heavy atom. The van der Waals surface area contributed by atoms with Gasteiger partial charge in [-0.3, -0.25) is 9.59 Å². The van der Waals surface area contributed by atoms with Gasteiger partial charge in [0.2, 0.25) is 11.8 Å². The van der Waals surface area contributed by atoms with Crippen molar-refractivity contribution in [3.63, 3.8) is 0 Å². The van der Waals surface area contributed by atoms with Crippen LogP contribution in [-0.4, -0.2) is 41.4 Å². The molecule has 3 rings (SSSR count). The van der Waals surface area contributed by atoms with Crippen LogP contribution in [0.4, 0.5) is 5.13 Å². The van der Waals surface area contributed by atoms with E-state index in [1.807, 2.05) is 31.2 Å². The van der Waals surface area contributed by atoms with Crippen molar-refractivity contribution in [3.8, 4) is 17.0 Å². The summed E-state index contributed by atoms with van der Waals surface area (Å²) >= 11 is 1.51. The van der Waals surface area contributed by atoms with Gasteiger partial charge in [0.25, 0.3) is 0 Å². The quantitative estimate of drug-likeness (QED) is 0.758. The number of thiazole rings is 1. The maximum absolute atomic E-state index is 12.8. The molecule has 7 heteroatoms. The monoisotopic (exact) mass is 401 g/mol. The number of likely N-dealkylation sites (tertiary alicyclic amines) is 1. The van der Waals surface area contributed by atoms with E-state index in [2.05, 4.69) is 12.2 Å². The maximum atomic E-state index is 12.8. The summed E-state index contributed by atoms with van der Waals surface area (Å²) < 4.78 is 5.23. The van der Waals surface area contributed by atoms with Crippen molar-refractivity contribution in [2.75, 3.05) is 19.0 Å². The molecular weight excluding hydrogens is 374 g/mol. The summed E-state index contributed by atoms with van der Waals surface area (Å²) in [4.78, 5) is 32.4. The summed E-state index contributed by atoms with van der Waals surface area (Å²) in [5.41, 5.74) is 1.90. The first-order valence-electron chi connectivity index (χ1n) is 9.81. The van der Waals surface area contributed by atoms with Gasteiger partial charge in [0.15, 0.2) is 5.13 Å². The van der Waals surface area contributed by atoms with Gasteiger partial charge in [-0.1, -0.05) is 20.3 Å². The minimum absolute atomic E-state index is 0.0300. The van der Waals surface area contributed by atoms with Crippen LogP contribution >= 0.6 is 11.3 Å². The van der Waals surface area contributed by atoms with E-state index in [0.29, 0.717) is 24.5 Å². The third-order valence-corrected chi connectivity index (χ3v) is 5.98. The standard InChI is InChI=1S/C21H27N3O3S/c1-4-7-17-19(14-9-11-15(27-3)12-10-14)22-21(28-17)23-20(26)16-8-6-13-24(16)18(25)5-2/h9-12,16H,4-8,13H2,1-3H3,(H,22,23,26)/t16-/m0/s1. The number of aromatic nitrogens is 1. The van der Waals surface area contributed by atoms with E-state index >= 15 is 0 Å². The molecule has 1 aliphatic heterocycles. The van der Waals surface area contributed by atoms with Crippen LogP contribution in [0.1, 0.15) is 44.4 Å². The highest BCUT2D eigenvalue weighted by Gasteiger charge is 2.33. The molecule has 1 aromatic carbocycles. The van der Waals surface area contributed by atoms with Crippen molar-refractivity contribution in [2.24, 2.45) is 0 Å². The molecule has 0 bridgehead atoms. The van der Waals surface area contributed by atoms with E-state index < -0.39 is 6.04 Å². The Morgan fingerprint density at radius 2 is 2.04 bits per heavy atom. The number of ether oxygens (including phenoxy) is 1. The van der Waals surface area contributed by atoms with Gasteiger partial charge in [-0.15, -0.1) is 11.3 Å². The van der Waals surface area contributed by atoms with Gasteiger partial charge >= 0.3 is 0 Å². The zero-order chi connectivity index (χ0) is 20.1. The molecule has 1 atom stereocenters. The van der Waals surface area contributed by atoms with Crippen LogP contribution in [0.5, 0.6) is 5.75 Å². The number of carbonyl (C=O) groups is 2. The van der Waals surface area contributed by atoms with Gasteiger partial charge in [0, 0.05) is 23.4 Å². The lowest BCUT2D eigenvalue weighted by atomic mass is 10.1. The highest BCUT2D eigenvalue weighted by molar-refractivity contribution is 7.16. The molecule has 150 valence electrons. The van der Waals surface area contributed by atoms with Gasteiger partial charge < -0.3 is 15.0 Å². The zero-order valence-electron chi connectivity index (χ0n) is 16.7. The van der Waals surface area contributed by atoms with Crippen LogP contribution in [0.2, 0.25) is 0 Å². The Bertz CT molecular complexity index is 832. The minimum atomic E-state index is -0.393. The lowest BCUT2D eigenvalue weighted by Crippen LogP contribution is -2.42. The zero-order valence-corrected chi connectivity index (χ0v) is 17.5. The summed E-state index contributed by atoms with van der Waals surface area (Å²) in [5, 5.41) is 3.55. The molecule has 1 aliphatic rings. The smallest absolute Gasteiger partial charge is 0.248 e. The molecule has 2 amide bonds. The molecule has 2 heterocycles. The van der Waals surface area contributed by atoms with Crippen LogP contribution in [0.25, 0.3) is 11.3 Å². The number of anilines is 1. The summed E-state index contributed by atoms with van der Waals surface area (Å²) in [5.74, 6) is 0.686. The number of rotatable bonds is 7. The van der Waals surface area contributed by atoms with Gasteiger partial charge in [-0.05, 0) is 43.5 Å². The van der Waals surface area contributed by atoms with E-state index in [-0.39, 0.29) is 11.8 Å². The number of benzene rings is 1. The summed E-state index contributed by atoms with van der Waals surface area (Å²) in [6.07, 6.45) is 3.89. The Hall–Kier alpha value is -2.41. The van der Waals surface area contributed by atoms with E-state index in [4.69, 9.17) is 9.72 Å². The number of carbonyl (C=O) groups excluding carboxylic acids is 2. The first kappa shape index (κ1) is 20.3. The fourth-order valence-corrected chi connectivity index (χ4v) is 4.59. The van der Waals surface area contributed by atoms with Crippen LogP contribution in [-0.2, 0) is 16.0 Å². The Morgan fingerprint density at radius 3 is 2.68 bits per heavy atom. The largest absolute Gasteiger partial charge is 0.497 e. The van der Waals surface area contributed by atoms with Gasteiger partial charge in [-0.2, -0.15) is 0 Å². The molecule has 1 aromatic heterocycles. The molecule has 0 aliphatic carbocycles. The fourth-order valence-electron chi connectivity index (χ4n) is 3.51. The highest BCUT2D eigenvalue weighted by atomic mass is 32.1. The van der Waals surface area contributed by atoms with Crippen molar-refractivity contribution in [1.29, 1.82) is 0 Å². The number of nitrogens with zero attached hydrogens (tertiary/aromatic N) is 2. The summed E-state index contributed by atoms with van der Waals surface area (Å²) in [7, 11) is 1.64. The number of hydrogen-bond acceptors (Lipinski definition) is 5. The van der Waals surface area contributed by atoms with E-state index in [1.165, 1.54) is 11.3 Å². The number of hydrogen-bond donors (Lipinski definition) is 1. The average Bonchev–Trinajstić information content (AvgIpc) is 3.35. The van der Waals surface area contributed by atoms with Gasteiger partial charge in [-0.25, -0.2) is 4.98 Å². The number of amides is 2. The predicted octanol–water partition coefficient (Wildman–Crippen LogP) is 4.11. The second kappa shape index (κ2) is 9.19. The van der Waals surface area contributed by atoms with Gasteiger partial charge in [0.1, 0.15) is 11.8 Å². The van der Waals surface area contributed by atoms with Crippen molar-refractivity contribution in [1.82, 2.24) is 9.88 Å². The summed E-state index contributed by atoms with van der Waals surface area (Å²) in [6, 6.07) is 7.40. The molecule has 1 N–H and O–H groups in total. The topological polar surface area (TPSA) is 71.5 Å². The van der Waals surface area contributed by atoms with Crippen LogP contribution in [0.3, 0.4) is 0 Å². The fraction of sp³-hybridized carbons (Fsp3) is 0.476. The lowest BCUT2D eigenvalue weighted by Gasteiger charge is -2.22. The highest BCUT2D eigenvalue weighted by Crippen LogP contribution is 2.33. The molecule has 0 spiro atoms. The third-order valence-electron chi connectivity index (χ3n) is 4.95. The van der Waals surface area contributed by atoms with Crippen molar-refractivity contribution in [2.45, 2.75) is 52.0 Å². The van der Waals surface area contributed by atoms with Gasteiger partial charge in [0.05, 0.1) is 12.8 Å². The second-order valence-electron chi connectivity index (χ2n) is 6.86. The molecular formula is C21H27N3O3S. The van der Waals surface area contributed by atoms with E-state index in [1.54, 1.807) is 12.0 Å². The summed E-state index contributed by atoms with van der Waals surface area (Å²) in [6.45, 7) is 4.61. The number of nitrogens with one attached hydrogen (secondary N) is 1. The Balaban J connectivity index is 1.80. The first-order valence-corrected chi connectivity index (χ1v) is 10.6. The van der Waals surface area contributed by atoms with Crippen LogP contribution in [0.15, 0.2) is 24.3 Å². The SMILES string of the molecule is CCCc1sc(NC(=O)[C@@H]2CCCN2C(=O)CC)nc1-c1ccc(OC)cc1. The molecule has 1 saturated heterocycles. The van der Waals surface area contributed by atoms with Crippen molar-refractivity contribution in [3.05, 3.63) is 29.1 Å². The molecule has 6 nitrogen and oxygen atoms in total. The molecule has 2 aromatic rings. The lowest BCUT2D eigenvalue weighted by molar-refractivity contribution is -0.136. The molecule has 0 radical (unpaired) electrons. The molecule has 0 saturated carbocycles. The van der Waals surface area contributed by atoms with E-state index in [0.717, 1.165) is 41.1 Å². The minimum Gasteiger partial charge on any atom is -0.497 e. The van der Waals surface area contributed by atoms with E-state index in [9.17, 15) is 9.59 Å². The number of aryl methyl sites for hydroxylation is 1. The molecule has 28 heavy (non-hydrogen) atoms. The normalized spacial score (nSPS) is 16.2. The first-order chi connectivity index (χ1) is 13.6. The third kappa shape index (κ3) is 4.35. The Kier molecular flexibility index (Phi) is 6.67. The molecule has 1 fully saturated rings. The average molecular weight is 402 g/mol. The second-order valence-corrected chi connectivity index (χ2v) is 7.94. The van der Waals surface area contributed by atoms with Crippen LogP contribution < -0.4 is 10.1 Å². The molecule has 0 unspecified atom stereocenters. The maximum Gasteiger partial charge on any atom is 0.248 e. The number of methoxy groups -OCH3 is 1. The van der Waals surface area contributed by atoms with Crippen molar-refractivity contribution >= 4 is 28.3 Å². The Labute approximate surface area is 169 Å².